The minimum atomic E-state index is -1.31. The van der Waals surface area contributed by atoms with Gasteiger partial charge in [-0.05, 0) is 52.4 Å². The average Bonchev–Trinajstić information content (AvgIpc) is 3.65. The predicted octanol–water partition coefficient (Wildman–Crippen LogP) is 6.49. The zero-order chi connectivity index (χ0) is 26.0. The zero-order valence-corrected chi connectivity index (χ0v) is 22.4. The number of thiophene rings is 1. The van der Waals surface area contributed by atoms with Crippen molar-refractivity contribution in [1.29, 1.82) is 0 Å². The number of nitrogens with zero attached hydrogens (tertiary/aromatic N) is 1. The predicted molar refractivity (Wildman–Crippen MR) is 151 cm³/mol. The number of hydrogen-bond acceptors (Lipinski definition) is 5. The number of ketones is 2. The first-order chi connectivity index (χ1) is 18.5. The molecule has 4 unspecified atom stereocenters. The second kappa shape index (κ2) is 8.61. The van der Waals surface area contributed by atoms with Crippen LogP contribution in [0.4, 0.5) is 5.69 Å². The Balaban J connectivity index is 1.55. The van der Waals surface area contributed by atoms with E-state index in [9.17, 15) is 14.4 Å². The van der Waals surface area contributed by atoms with Crippen LogP contribution in [-0.2, 0) is 10.2 Å². The van der Waals surface area contributed by atoms with E-state index in [2.05, 4.69) is 21.2 Å². The van der Waals surface area contributed by atoms with Crippen LogP contribution in [0.15, 0.2) is 101 Å². The van der Waals surface area contributed by atoms with Crippen LogP contribution in [-0.4, -0.2) is 28.4 Å². The molecule has 0 aliphatic carbocycles. The van der Waals surface area contributed by atoms with Crippen LogP contribution in [0.25, 0.3) is 6.08 Å². The number of Topliss-reactive ketones (excluding diaryl/α,β-unsaturated/α-hetero) is 2. The topological polar surface area (TPSA) is 66.5 Å². The summed E-state index contributed by atoms with van der Waals surface area (Å²) in [5, 5.41) is 4.94. The second-order valence-electron chi connectivity index (χ2n) is 9.80. The maximum Gasteiger partial charge on any atom is 0.238 e. The number of fused-ring (bicyclic) bond motifs is 6. The van der Waals surface area contributed by atoms with E-state index in [0.29, 0.717) is 16.1 Å². The number of rotatable bonds is 4. The number of carbonyl (C=O) groups excluding carboxylic acids is 3. The third kappa shape index (κ3) is 3.12. The monoisotopic (exact) mass is 580 g/mol. The summed E-state index contributed by atoms with van der Waals surface area (Å²) in [7, 11) is 0. The summed E-state index contributed by atoms with van der Waals surface area (Å²) in [6.45, 7) is 0. The smallest absolute Gasteiger partial charge is 0.238 e. The fourth-order valence-electron chi connectivity index (χ4n) is 6.53. The molecular weight excluding hydrogens is 560 g/mol. The third-order valence-corrected chi connectivity index (χ3v) is 9.43. The van der Waals surface area contributed by atoms with Gasteiger partial charge in [-0.2, -0.15) is 0 Å². The lowest BCUT2D eigenvalue weighted by molar-refractivity contribution is -0.122. The van der Waals surface area contributed by atoms with Gasteiger partial charge in [-0.25, -0.2) is 0 Å². The van der Waals surface area contributed by atoms with E-state index in [1.54, 1.807) is 18.2 Å². The van der Waals surface area contributed by atoms with Crippen LogP contribution in [0.2, 0.25) is 0 Å². The van der Waals surface area contributed by atoms with E-state index in [1.165, 1.54) is 11.3 Å². The molecule has 3 aliphatic rings. The van der Waals surface area contributed by atoms with Gasteiger partial charge in [0, 0.05) is 21.9 Å². The highest BCUT2D eigenvalue weighted by Gasteiger charge is 2.70. The fraction of sp³-hybridized carbons (Fsp3) is 0.129. The standard InChI is InChI=1S/C31H21BrN2O3S/c32-20-13-11-19(12-14-20)27(35)25-26(28(36)24-10-5-17-38-24)34-16-15-18-6-1-2-7-21(18)29(34)31(25)22-8-3-4-9-23(22)33-30(31)37/h1-17,25-26,29H,(H,33,37). The van der Waals surface area contributed by atoms with E-state index >= 15 is 0 Å². The molecule has 1 saturated heterocycles. The van der Waals surface area contributed by atoms with E-state index < -0.39 is 23.4 Å². The Morgan fingerprint density at radius 3 is 2.45 bits per heavy atom. The first kappa shape index (κ1) is 23.3. The van der Waals surface area contributed by atoms with Crippen LogP contribution in [0.1, 0.15) is 42.8 Å². The molecule has 1 fully saturated rings. The molecule has 0 saturated carbocycles. The highest BCUT2D eigenvalue weighted by molar-refractivity contribution is 9.10. The van der Waals surface area contributed by atoms with Gasteiger partial charge in [0.1, 0.15) is 11.5 Å². The number of nitrogens with one attached hydrogen (secondary N) is 1. The van der Waals surface area contributed by atoms with Crippen molar-refractivity contribution >= 4 is 56.5 Å². The van der Waals surface area contributed by atoms with Crippen LogP contribution in [0.5, 0.6) is 0 Å². The van der Waals surface area contributed by atoms with Crippen molar-refractivity contribution in [2.75, 3.05) is 5.32 Å². The molecule has 3 aliphatic heterocycles. The van der Waals surface area contributed by atoms with Crippen LogP contribution >= 0.6 is 27.3 Å². The van der Waals surface area contributed by atoms with E-state index in [-0.39, 0.29) is 17.5 Å². The molecule has 3 aromatic carbocycles. The minimum Gasteiger partial charge on any atom is -0.358 e. The molecule has 5 nitrogen and oxygen atoms in total. The molecule has 7 rings (SSSR count). The summed E-state index contributed by atoms with van der Waals surface area (Å²) in [4.78, 5) is 45.8. The number of hydrogen-bond donors (Lipinski definition) is 1. The van der Waals surface area contributed by atoms with Gasteiger partial charge in [-0.15, -0.1) is 11.3 Å². The second-order valence-corrected chi connectivity index (χ2v) is 11.7. The van der Waals surface area contributed by atoms with Crippen molar-refractivity contribution in [3.63, 3.8) is 0 Å². The summed E-state index contributed by atoms with van der Waals surface area (Å²) in [5.74, 6) is -1.59. The Morgan fingerprint density at radius 1 is 0.895 bits per heavy atom. The summed E-state index contributed by atoms with van der Waals surface area (Å²) in [6, 6.07) is 24.9. The molecule has 1 N–H and O–H groups in total. The highest BCUT2D eigenvalue weighted by atomic mass is 79.9. The number of carbonyl (C=O) groups is 3. The van der Waals surface area contributed by atoms with Crippen molar-refractivity contribution < 1.29 is 14.4 Å². The Labute approximate surface area is 231 Å². The molecule has 4 aromatic rings. The van der Waals surface area contributed by atoms with Crippen molar-refractivity contribution in [2.24, 2.45) is 5.92 Å². The van der Waals surface area contributed by atoms with Crippen molar-refractivity contribution in [2.45, 2.75) is 17.5 Å². The number of amides is 1. The lowest BCUT2D eigenvalue weighted by Crippen LogP contribution is -2.49. The molecular formula is C31H21BrN2O3S. The molecule has 1 amide bonds. The van der Waals surface area contributed by atoms with Crippen molar-refractivity contribution in [1.82, 2.24) is 4.90 Å². The molecule has 7 heteroatoms. The van der Waals surface area contributed by atoms with Gasteiger partial charge < -0.3 is 10.2 Å². The van der Waals surface area contributed by atoms with E-state index in [0.717, 1.165) is 21.2 Å². The van der Waals surface area contributed by atoms with Gasteiger partial charge in [-0.1, -0.05) is 76.6 Å². The molecule has 186 valence electrons. The summed E-state index contributed by atoms with van der Waals surface area (Å²) in [5.41, 5.74) is 2.50. The molecule has 1 aromatic heterocycles. The first-order valence-corrected chi connectivity index (χ1v) is 14.0. The van der Waals surface area contributed by atoms with Crippen LogP contribution in [0.3, 0.4) is 0 Å². The van der Waals surface area contributed by atoms with Crippen LogP contribution in [0, 0.1) is 5.92 Å². The van der Waals surface area contributed by atoms with Gasteiger partial charge in [0.2, 0.25) is 5.91 Å². The Hall–Kier alpha value is -3.81. The average molecular weight is 581 g/mol. The van der Waals surface area contributed by atoms with Crippen LogP contribution < -0.4 is 5.32 Å². The lowest BCUT2D eigenvalue weighted by Gasteiger charge is -2.38. The Kier molecular flexibility index (Phi) is 5.29. The SMILES string of the molecule is O=C(c1cccs1)C1C(C(=O)c2ccc(Br)cc2)C2(C(=O)Nc3ccccc32)C2c3ccccc3C=CN12. The molecule has 4 heterocycles. The third-order valence-electron chi connectivity index (χ3n) is 8.01. The quantitative estimate of drug-likeness (QED) is 0.280. The van der Waals surface area contributed by atoms with Gasteiger partial charge in [-0.3, -0.25) is 14.4 Å². The molecule has 0 radical (unpaired) electrons. The Bertz CT molecular complexity index is 1650. The summed E-state index contributed by atoms with van der Waals surface area (Å²) >= 11 is 4.81. The zero-order valence-electron chi connectivity index (χ0n) is 20.0. The fourth-order valence-corrected chi connectivity index (χ4v) is 7.49. The van der Waals surface area contributed by atoms with Gasteiger partial charge in [0.15, 0.2) is 11.6 Å². The summed E-state index contributed by atoms with van der Waals surface area (Å²) < 4.78 is 0.847. The number of halogens is 1. The lowest BCUT2D eigenvalue weighted by atomic mass is 9.63. The molecule has 38 heavy (non-hydrogen) atoms. The summed E-state index contributed by atoms with van der Waals surface area (Å²) in [6.07, 6.45) is 3.87. The Morgan fingerprint density at radius 2 is 1.66 bits per heavy atom. The van der Waals surface area contributed by atoms with Gasteiger partial charge in [0.25, 0.3) is 0 Å². The largest absolute Gasteiger partial charge is 0.358 e. The number of para-hydroxylation sites is 1. The normalized spacial score (nSPS) is 24.6. The van der Waals surface area contributed by atoms with Crippen molar-refractivity contribution in [3.05, 3.63) is 128 Å². The maximum absolute atomic E-state index is 14.6. The van der Waals surface area contributed by atoms with Crippen molar-refractivity contribution in [3.8, 4) is 0 Å². The maximum atomic E-state index is 14.6. The number of benzene rings is 3. The molecule has 1 spiro atoms. The van der Waals surface area contributed by atoms with Gasteiger partial charge in [0.05, 0.1) is 16.8 Å². The minimum absolute atomic E-state index is 0.154. The van der Waals surface area contributed by atoms with E-state index in [1.807, 2.05) is 89.3 Å². The highest BCUT2D eigenvalue weighted by Crippen LogP contribution is 2.62. The van der Waals surface area contributed by atoms with E-state index in [4.69, 9.17) is 0 Å². The molecule has 0 bridgehead atoms. The first-order valence-electron chi connectivity index (χ1n) is 12.3. The number of anilines is 1. The van der Waals surface area contributed by atoms with Gasteiger partial charge >= 0.3 is 0 Å². The molecule has 4 atom stereocenters.